The summed E-state index contributed by atoms with van der Waals surface area (Å²) in [5, 5.41) is 3.29. The summed E-state index contributed by atoms with van der Waals surface area (Å²) in [5.41, 5.74) is 0. The van der Waals surface area contributed by atoms with Crippen molar-refractivity contribution in [1.82, 2.24) is 10.2 Å². The summed E-state index contributed by atoms with van der Waals surface area (Å²) >= 11 is 0. The number of piperazine rings is 1. The van der Waals surface area contributed by atoms with Gasteiger partial charge in [-0.3, -0.25) is 4.79 Å². The fourth-order valence-corrected chi connectivity index (χ4v) is 2.34. The molecule has 0 aliphatic carbocycles. The lowest BCUT2D eigenvalue weighted by Crippen LogP contribution is -2.55. The van der Waals surface area contributed by atoms with Crippen LogP contribution in [0.1, 0.15) is 20.3 Å². The highest BCUT2D eigenvalue weighted by atomic mass is 16.5. The molecular formula is C11H20N2O2. The number of carbonyl (C=O) groups is 1. The molecule has 2 aliphatic rings. The second kappa shape index (κ2) is 4.49. The zero-order valence-electron chi connectivity index (χ0n) is 9.53. The molecule has 4 heteroatoms. The van der Waals surface area contributed by atoms with E-state index >= 15 is 0 Å². The number of amides is 1. The van der Waals surface area contributed by atoms with Gasteiger partial charge in [-0.2, -0.15) is 0 Å². The lowest BCUT2D eigenvalue weighted by molar-refractivity contribution is -0.145. The van der Waals surface area contributed by atoms with Crippen LogP contribution in [0.25, 0.3) is 0 Å². The van der Waals surface area contributed by atoms with Gasteiger partial charge in [-0.05, 0) is 19.3 Å². The van der Waals surface area contributed by atoms with Crippen LogP contribution in [0.2, 0.25) is 0 Å². The van der Waals surface area contributed by atoms with E-state index in [1.165, 1.54) is 0 Å². The molecule has 2 fully saturated rings. The van der Waals surface area contributed by atoms with E-state index < -0.39 is 0 Å². The first-order chi connectivity index (χ1) is 7.20. The van der Waals surface area contributed by atoms with Gasteiger partial charge in [0.05, 0.1) is 0 Å². The van der Waals surface area contributed by atoms with Crippen LogP contribution in [0, 0.1) is 5.92 Å². The van der Waals surface area contributed by atoms with E-state index in [2.05, 4.69) is 19.2 Å². The molecule has 0 saturated carbocycles. The minimum absolute atomic E-state index is 0.189. The molecule has 1 N–H and O–H groups in total. The zero-order chi connectivity index (χ0) is 10.8. The first-order valence-corrected chi connectivity index (χ1v) is 5.83. The molecule has 4 nitrogen and oxygen atoms in total. The molecule has 2 rings (SSSR count). The van der Waals surface area contributed by atoms with Crippen molar-refractivity contribution in [3.05, 3.63) is 0 Å². The van der Waals surface area contributed by atoms with Crippen molar-refractivity contribution in [2.24, 2.45) is 5.92 Å². The average molecular weight is 212 g/mol. The van der Waals surface area contributed by atoms with Gasteiger partial charge < -0.3 is 15.0 Å². The summed E-state index contributed by atoms with van der Waals surface area (Å²) in [6.07, 6.45) is 0.821. The first-order valence-electron chi connectivity index (χ1n) is 5.83. The Balaban J connectivity index is 1.99. The third-order valence-corrected chi connectivity index (χ3v) is 3.42. The van der Waals surface area contributed by atoms with E-state index in [0.717, 1.165) is 32.7 Å². The van der Waals surface area contributed by atoms with Crippen molar-refractivity contribution >= 4 is 5.91 Å². The molecule has 86 valence electrons. The molecule has 0 aromatic carbocycles. The Bertz CT molecular complexity index is 245. The van der Waals surface area contributed by atoms with Gasteiger partial charge in [0.15, 0.2) is 0 Å². The van der Waals surface area contributed by atoms with Crippen molar-refractivity contribution in [2.75, 3.05) is 26.2 Å². The Morgan fingerprint density at radius 3 is 2.87 bits per heavy atom. The van der Waals surface area contributed by atoms with E-state index in [1.54, 1.807) is 0 Å². The van der Waals surface area contributed by atoms with E-state index in [1.807, 2.05) is 4.90 Å². The monoisotopic (exact) mass is 212 g/mol. The molecule has 0 bridgehead atoms. The van der Waals surface area contributed by atoms with Crippen LogP contribution in [0.5, 0.6) is 0 Å². The molecule has 2 saturated heterocycles. The number of hydrogen-bond acceptors (Lipinski definition) is 3. The minimum Gasteiger partial charge on any atom is -0.368 e. The largest absolute Gasteiger partial charge is 0.368 e. The fraction of sp³-hybridized carbons (Fsp3) is 0.909. The Morgan fingerprint density at radius 1 is 1.47 bits per heavy atom. The number of nitrogens with zero attached hydrogens (tertiary/aromatic N) is 1. The number of ether oxygens (including phenoxy) is 1. The van der Waals surface area contributed by atoms with E-state index in [4.69, 9.17) is 4.74 Å². The van der Waals surface area contributed by atoms with E-state index in [0.29, 0.717) is 12.0 Å². The average Bonchev–Trinajstić information content (AvgIpc) is 2.64. The van der Waals surface area contributed by atoms with Crippen molar-refractivity contribution in [2.45, 2.75) is 32.4 Å². The van der Waals surface area contributed by atoms with Crippen LogP contribution in [-0.4, -0.2) is 49.2 Å². The molecule has 2 heterocycles. The quantitative estimate of drug-likeness (QED) is 0.676. The van der Waals surface area contributed by atoms with Crippen LogP contribution in [0.3, 0.4) is 0 Å². The van der Waals surface area contributed by atoms with Gasteiger partial charge >= 0.3 is 0 Å². The predicted molar refractivity (Wildman–Crippen MR) is 57.6 cm³/mol. The van der Waals surface area contributed by atoms with Gasteiger partial charge in [0.25, 0.3) is 5.91 Å². The lowest BCUT2D eigenvalue weighted by Gasteiger charge is -2.36. The number of nitrogens with one attached hydrogen (secondary N) is 1. The molecule has 15 heavy (non-hydrogen) atoms. The smallest absolute Gasteiger partial charge is 0.252 e. The van der Waals surface area contributed by atoms with Crippen molar-refractivity contribution < 1.29 is 9.53 Å². The number of carbonyl (C=O) groups excluding carboxylic acids is 1. The van der Waals surface area contributed by atoms with Crippen LogP contribution < -0.4 is 5.32 Å². The van der Waals surface area contributed by atoms with Crippen LogP contribution in [-0.2, 0) is 9.53 Å². The Morgan fingerprint density at radius 2 is 2.27 bits per heavy atom. The van der Waals surface area contributed by atoms with Crippen LogP contribution in [0.4, 0.5) is 0 Å². The molecule has 1 amide bonds. The highest BCUT2D eigenvalue weighted by Gasteiger charge is 2.36. The molecule has 3 unspecified atom stereocenters. The third-order valence-electron chi connectivity index (χ3n) is 3.42. The van der Waals surface area contributed by atoms with Crippen LogP contribution >= 0.6 is 0 Å². The summed E-state index contributed by atoms with van der Waals surface area (Å²) in [7, 11) is 0. The predicted octanol–water partition coefficient (Wildman–Crippen LogP) is 0.232. The van der Waals surface area contributed by atoms with Crippen LogP contribution in [0.15, 0.2) is 0 Å². The zero-order valence-corrected chi connectivity index (χ0v) is 9.53. The fourth-order valence-electron chi connectivity index (χ4n) is 2.34. The second-order valence-corrected chi connectivity index (χ2v) is 4.64. The second-order valence-electron chi connectivity index (χ2n) is 4.64. The normalized spacial score (nSPS) is 36.9. The Hall–Kier alpha value is -0.610. The van der Waals surface area contributed by atoms with Gasteiger partial charge in [0.2, 0.25) is 0 Å². The summed E-state index contributed by atoms with van der Waals surface area (Å²) in [4.78, 5) is 14.2. The summed E-state index contributed by atoms with van der Waals surface area (Å²) < 4.78 is 5.52. The molecule has 3 atom stereocenters. The van der Waals surface area contributed by atoms with Gasteiger partial charge in [0.1, 0.15) is 6.10 Å². The minimum atomic E-state index is -0.189. The maximum Gasteiger partial charge on any atom is 0.252 e. The summed E-state index contributed by atoms with van der Waals surface area (Å²) in [6, 6.07) is 0.294. The lowest BCUT2D eigenvalue weighted by atomic mass is 10.0. The maximum absolute atomic E-state index is 12.2. The molecule has 0 aromatic rings. The SMILES string of the molecule is CC1CCOC1C(=O)N1CCNCC1C. The van der Waals surface area contributed by atoms with Crippen molar-refractivity contribution in [3.63, 3.8) is 0 Å². The molecule has 0 spiro atoms. The standard InChI is InChI=1S/C11H20N2O2/c1-8-3-6-15-10(8)11(14)13-5-4-12-7-9(13)2/h8-10,12H,3-7H2,1-2H3. The van der Waals surface area contributed by atoms with Crippen molar-refractivity contribution in [3.8, 4) is 0 Å². The van der Waals surface area contributed by atoms with Gasteiger partial charge in [-0.1, -0.05) is 6.92 Å². The first kappa shape index (κ1) is 10.9. The molecule has 0 aromatic heterocycles. The summed E-state index contributed by atoms with van der Waals surface area (Å²) in [6.45, 7) is 7.53. The highest BCUT2D eigenvalue weighted by Crippen LogP contribution is 2.22. The highest BCUT2D eigenvalue weighted by molar-refractivity contribution is 5.82. The van der Waals surface area contributed by atoms with Crippen molar-refractivity contribution in [1.29, 1.82) is 0 Å². The summed E-state index contributed by atoms with van der Waals surface area (Å²) in [5.74, 6) is 0.564. The molecule has 2 aliphatic heterocycles. The molecule has 0 radical (unpaired) electrons. The number of rotatable bonds is 1. The molecular weight excluding hydrogens is 192 g/mol. The third kappa shape index (κ3) is 2.16. The maximum atomic E-state index is 12.2. The number of hydrogen-bond donors (Lipinski definition) is 1. The Labute approximate surface area is 91.0 Å². The van der Waals surface area contributed by atoms with Gasteiger partial charge in [0, 0.05) is 32.3 Å². The van der Waals surface area contributed by atoms with E-state index in [-0.39, 0.29) is 12.0 Å². The topological polar surface area (TPSA) is 41.6 Å². The van der Waals surface area contributed by atoms with E-state index in [9.17, 15) is 4.79 Å². The van der Waals surface area contributed by atoms with Gasteiger partial charge in [-0.25, -0.2) is 0 Å². The Kier molecular flexibility index (Phi) is 3.26. The van der Waals surface area contributed by atoms with Gasteiger partial charge in [-0.15, -0.1) is 0 Å².